The standard InChI is InChI=1S/C11H13BN2OS/c1-7-9(6-13-8(2)16-4)5-10(12)11(15)14(7)3/h5-6H,1H2,2-4H3/b9-6-,13-8?. The molecule has 0 atom stereocenters. The first-order chi connectivity index (χ1) is 7.47. The van der Waals surface area contributed by atoms with Gasteiger partial charge in [-0.2, -0.15) is 0 Å². The Kier molecular flexibility index (Phi) is 4.18. The van der Waals surface area contributed by atoms with Crippen molar-refractivity contribution in [1.29, 1.82) is 0 Å². The number of aliphatic imine (C=N–C) groups is 1. The summed E-state index contributed by atoms with van der Waals surface area (Å²) in [4.78, 5) is 15.7. The van der Waals surface area contributed by atoms with Crippen LogP contribution in [-0.4, -0.2) is 23.7 Å². The highest BCUT2D eigenvalue weighted by Gasteiger charge is 1.96. The smallest absolute Gasteiger partial charge is 0.243 e. The molecule has 0 saturated heterocycles. The van der Waals surface area contributed by atoms with E-state index >= 15 is 0 Å². The lowest BCUT2D eigenvalue weighted by atomic mass is 9.97. The Morgan fingerprint density at radius 3 is 2.88 bits per heavy atom. The first-order valence-electron chi connectivity index (χ1n) is 4.70. The topological polar surface area (TPSA) is 34.4 Å². The van der Waals surface area contributed by atoms with Crippen LogP contribution in [0.2, 0.25) is 0 Å². The second kappa shape index (κ2) is 5.21. The van der Waals surface area contributed by atoms with E-state index in [-0.39, 0.29) is 11.0 Å². The van der Waals surface area contributed by atoms with Gasteiger partial charge in [-0.05, 0) is 18.6 Å². The van der Waals surface area contributed by atoms with Crippen molar-refractivity contribution in [3.63, 3.8) is 0 Å². The van der Waals surface area contributed by atoms with Gasteiger partial charge in [-0.3, -0.25) is 9.79 Å². The lowest BCUT2D eigenvalue weighted by molar-refractivity contribution is 0.827. The number of hydrogen-bond acceptors (Lipinski definition) is 3. The molecule has 0 saturated carbocycles. The number of hydrogen-bond donors (Lipinski definition) is 0. The molecule has 0 amide bonds. The van der Waals surface area contributed by atoms with E-state index in [1.54, 1.807) is 31.1 Å². The first-order valence-corrected chi connectivity index (χ1v) is 5.93. The van der Waals surface area contributed by atoms with E-state index in [2.05, 4.69) is 11.6 Å². The Morgan fingerprint density at radius 2 is 2.31 bits per heavy atom. The van der Waals surface area contributed by atoms with Gasteiger partial charge in [0.1, 0.15) is 7.85 Å². The minimum Gasteiger partial charge on any atom is -0.312 e. The summed E-state index contributed by atoms with van der Waals surface area (Å²) in [5.74, 6) is 0. The number of pyridine rings is 1. The molecule has 16 heavy (non-hydrogen) atoms. The fraction of sp³-hybridized carbons (Fsp3) is 0.273. The Labute approximate surface area is 100 Å². The molecule has 1 heterocycles. The molecule has 0 fully saturated rings. The molecule has 0 N–H and O–H groups in total. The third-order valence-electron chi connectivity index (χ3n) is 2.28. The summed E-state index contributed by atoms with van der Waals surface area (Å²) in [7, 11) is 7.24. The molecule has 0 aromatic carbocycles. The SMILES string of the molecule is [B]c1c/c(=C/N=C(C)SC)c(=C)n(C)c1=O. The second-order valence-electron chi connectivity index (χ2n) is 3.35. The largest absolute Gasteiger partial charge is 0.312 e. The van der Waals surface area contributed by atoms with Crippen molar-refractivity contribution in [3.8, 4) is 0 Å². The maximum atomic E-state index is 11.5. The van der Waals surface area contributed by atoms with Crippen LogP contribution in [0.4, 0.5) is 0 Å². The van der Waals surface area contributed by atoms with Gasteiger partial charge in [-0.15, -0.1) is 11.8 Å². The van der Waals surface area contributed by atoms with Crippen LogP contribution in [0, 0.1) is 0 Å². The van der Waals surface area contributed by atoms with Gasteiger partial charge in [0.2, 0.25) is 5.56 Å². The van der Waals surface area contributed by atoms with Crippen molar-refractivity contribution in [2.45, 2.75) is 6.92 Å². The summed E-state index contributed by atoms with van der Waals surface area (Å²) < 4.78 is 1.42. The van der Waals surface area contributed by atoms with E-state index in [4.69, 9.17) is 7.85 Å². The lowest BCUT2D eigenvalue weighted by Gasteiger charge is -2.01. The summed E-state index contributed by atoms with van der Waals surface area (Å²) in [6, 6.07) is 1.60. The van der Waals surface area contributed by atoms with Crippen LogP contribution in [-0.2, 0) is 7.05 Å². The number of aromatic nitrogens is 1. The highest BCUT2D eigenvalue weighted by molar-refractivity contribution is 8.13. The third-order valence-corrected chi connectivity index (χ3v) is 2.98. The zero-order valence-electron chi connectivity index (χ0n) is 9.65. The van der Waals surface area contributed by atoms with Crippen molar-refractivity contribution in [1.82, 2.24) is 4.57 Å². The van der Waals surface area contributed by atoms with Crippen molar-refractivity contribution >= 4 is 42.9 Å². The average molecular weight is 232 g/mol. The van der Waals surface area contributed by atoms with Crippen LogP contribution in [0.25, 0.3) is 12.8 Å². The van der Waals surface area contributed by atoms with E-state index in [0.717, 1.165) is 10.3 Å². The average Bonchev–Trinajstić information content (AvgIpc) is 2.28. The molecule has 82 valence electrons. The van der Waals surface area contributed by atoms with E-state index in [1.807, 2.05) is 13.2 Å². The maximum Gasteiger partial charge on any atom is 0.243 e. The highest BCUT2D eigenvalue weighted by atomic mass is 32.2. The van der Waals surface area contributed by atoms with Gasteiger partial charge in [0, 0.05) is 23.8 Å². The molecule has 0 bridgehead atoms. The van der Waals surface area contributed by atoms with E-state index < -0.39 is 0 Å². The zero-order chi connectivity index (χ0) is 12.3. The fourth-order valence-electron chi connectivity index (χ4n) is 1.15. The van der Waals surface area contributed by atoms with Crippen molar-refractivity contribution in [3.05, 3.63) is 27.0 Å². The summed E-state index contributed by atoms with van der Waals surface area (Å²) in [5, 5.41) is 2.30. The molecule has 1 aromatic rings. The van der Waals surface area contributed by atoms with Gasteiger partial charge in [-0.1, -0.05) is 12.6 Å². The highest BCUT2D eigenvalue weighted by Crippen LogP contribution is 1.95. The normalized spacial score (nSPS) is 13.2. The molecule has 0 aliphatic rings. The van der Waals surface area contributed by atoms with Gasteiger partial charge < -0.3 is 4.57 Å². The van der Waals surface area contributed by atoms with Gasteiger partial charge in [0.05, 0.1) is 5.04 Å². The molecule has 3 nitrogen and oxygen atoms in total. The van der Waals surface area contributed by atoms with Crippen LogP contribution in [0.15, 0.2) is 15.9 Å². The lowest BCUT2D eigenvalue weighted by Crippen LogP contribution is -2.48. The van der Waals surface area contributed by atoms with E-state index in [0.29, 0.717) is 5.35 Å². The van der Waals surface area contributed by atoms with Gasteiger partial charge >= 0.3 is 0 Å². The van der Waals surface area contributed by atoms with Gasteiger partial charge in [0.15, 0.2) is 0 Å². The molecular weight excluding hydrogens is 219 g/mol. The quantitative estimate of drug-likeness (QED) is 0.357. The van der Waals surface area contributed by atoms with Crippen LogP contribution >= 0.6 is 11.8 Å². The van der Waals surface area contributed by atoms with Gasteiger partial charge in [-0.25, -0.2) is 0 Å². The Morgan fingerprint density at radius 1 is 1.69 bits per heavy atom. The zero-order valence-corrected chi connectivity index (χ0v) is 10.5. The predicted octanol–water partition coefficient (Wildman–Crippen LogP) is -0.891. The Bertz CT molecular complexity index is 589. The molecule has 0 unspecified atom stereocenters. The molecule has 0 spiro atoms. The van der Waals surface area contributed by atoms with E-state index in [9.17, 15) is 4.79 Å². The van der Waals surface area contributed by atoms with Crippen molar-refractivity contribution in [2.75, 3.05) is 6.26 Å². The second-order valence-corrected chi connectivity index (χ2v) is 4.35. The molecule has 0 aliphatic heterocycles. The minimum absolute atomic E-state index is 0.207. The Balaban J connectivity index is 3.49. The summed E-state index contributed by atoms with van der Waals surface area (Å²) in [5.41, 5.74) is -0.0223. The summed E-state index contributed by atoms with van der Waals surface area (Å²) in [6.07, 6.45) is 3.62. The first kappa shape index (κ1) is 12.8. The minimum atomic E-state index is -0.229. The molecule has 5 heteroatoms. The summed E-state index contributed by atoms with van der Waals surface area (Å²) in [6.45, 7) is 5.74. The monoisotopic (exact) mass is 232 g/mol. The van der Waals surface area contributed by atoms with Crippen LogP contribution in [0.3, 0.4) is 0 Å². The third kappa shape index (κ3) is 2.67. The van der Waals surface area contributed by atoms with Crippen LogP contribution in [0.1, 0.15) is 6.92 Å². The molecule has 2 radical (unpaired) electrons. The summed E-state index contributed by atoms with van der Waals surface area (Å²) >= 11 is 1.56. The van der Waals surface area contributed by atoms with Gasteiger partial charge in [0.25, 0.3) is 0 Å². The maximum absolute atomic E-state index is 11.5. The van der Waals surface area contributed by atoms with Crippen LogP contribution < -0.4 is 21.6 Å². The number of thioether (sulfide) groups is 1. The fourth-order valence-corrected chi connectivity index (χ4v) is 1.31. The van der Waals surface area contributed by atoms with Crippen molar-refractivity contribution < 1.29 is 0 Å². The van der Waals surface area contributed by atoms with Crippen molar-refractivity contribution in [2.24, 2.45) is 12.0 Å². The molecule has 1 rings (SSSR count). The molecule has 1 aromatic heterocycles. The van der Waals surface area contributed by atoms with E-state index in [1.165, 1.54) is 4.57 Å². The van der Waals surface area contributed by atoms with Crippen LogP contribution in [0.5, 0.6) is 0 Å². The molecular formula is C11H13BN2OS. The Hall–Kier alpha value is -1.23. The number of nitrogens with zero attached hydrogens (tertiary/aromatic N) is 2. The predicted molar refractivity (Wildman–Crippen MR) is 72.9 cm³/mol. The number of rotatable bonds is 1. The molecule has 0 aliphatic carbocycles.